The fourth-order valence-corrected chi connectivity index (χ4v) is 2.10. The number of nitrogens with zero attached hydrogens (tertiary/aromatic N) is 2. The third-order valence-electron chi connectivity index (χ3n) is 2.15. The predicted molar refractivity (Wildman–Crippen MR) is 59.1 cm³/mol. The SMILES string of the molecule is CCn1cc(-c2csc(CN)c2)cn1. The van der Waals surface area contributed by atoms with Crippen LogP contribution in [0.25, 0.3) is 11.1 Å². The van der Waals surface area contributed by atoms with Crippen molar-refractivity contribution in [2.75, 3.05) is 0 Å². The Bertz CT molecular complexity index is 376. The molecule has 0 saturated carbocycles. The molecule has 74 valence electrons. The number of thiophene rings is 1. The number of aryl methyl sites for hydroxylation is 1. The normalized spacial score (nSPS) is 10.7. The molecule has 2 heterocycles. The summed E-state index contributed by atoms with van der Waals surface area (Å²) in [5.74, 6) is 0. The Labute approximate surface area is 87.2 Å². The molecule has 0 saturated heterocycles. The summed E-state index contributed by atoms with van der Waals surface area (Å²) >= 11 is 1.70. The summed E-state index contributed by atoms with van der Waals surface area (Å²) < 4.78 is 1.93. The van der Waals surface area contributed by atoms with Gasteiger partial charge in [-0.1, -0.05) is 0 Å². The topological polar surface area (TPSA) is 43.8 Å². The van der Waals surface area contributed by atoms with Crippen molar-refractivity contribution in [3.8, 4) is 11.1 Å². The van der Waals surface area contributed by atoms with E-state index in [1.807, 2.05) is 10.9 Å². The summed E-state index contributed by atoms with van der Waals surface area (Å²) in [6, 6.07) is 2.13. The molecule has 3 nitrogen and oxygen atoms in total. The van der Waals surface area contributed by atoms with E-state index in [4.69, 9.17) is 5.73 Å². The molecule has 0 bridgehead atoms. The van der Waals surface area contributed by atoms with Crippen molar-refractivity contribution in [3.05, 3.63) is 28.7 Å². The monoisotopic (exact) mass is 207 g/mol. The van der Waals surface area contributed by atoms with Crippen LogP contribution in [0.1, 0.15) is 11.8 Å². The molecule has 0 aliphatic carbocycles. The lowest BCUT2D eigenvalue weighted by Gasteiger charge is -1.91. The highest BCUT2D eigenvalue weighted by atomic mass is 32.1. The van der Waals surface area contributed by atoms with Crippen molar-refractivity contribution >= 4 is 11.3 Å². The van der Waals surface area contributed by atoms with E-state index in [1.54, 1.807) is 11.3 Å². The van der Waals surface area contributed by atoms with Crippen LogP contribution in [0.4, 0.5) is 0 Å². The Balaban J connectivity index is 2.29. The highest BCUT2D eigenvalue weighted by Crippen LogP contribution is 2.24. The van der Waals surface area contributed by atoms with Gasteiger partial charge in [-0.2, -0.15) is 5.10 Å². The zero-order valence-corrected chi connectivity index (χ0v) is 8.92. The molecule has 0 radical (unpaired) electrons. The number of hydrogen-bond acceptors (Lipinski definition) is 3. The molecule has 2 N–H and O–H groups in total. The maximum atomic E-state index is 5.56. The first-order valence-corrected chi connectivity index (χ1v) is 5.51. The van der Waals surface area contributed by atoms with Gasteiger partial charge in [0.1, 0.15) is 0 Å². The van der Waals surface area contributed by atoms with Gasteiger partial charge in [0.2, 0.25) is 0 Å². The average Bonchev–Trinajstić information content (AvgIpc) is 2.86. The van der Waals surface area contributed by atoms with Crippen molar-refractivity contribution in [1.29, 1.82) is 0 Å². The molecule has 0 atom stereocenters. The van der Waals surface area contributed by atoms with Crippen molar-refractivity contribution in [2.45, 2.75) is 20.0 Å². The van der Waals surface area contributed by atoms with E-state index in [0.717, 1.165) is 6.54 Å². The summed E-state index contributed by atoms with van der Waals surface area (Å²) in [4.78, 5) is 1.21. The molecule has 14 heavy (non-hydrogen) atoms. The Hall–Kier alpha value is -1.13. The standard InChI is InChI=1S/C10H13N3S/c1-2-13-6-9(5-12-13)8-3-10(4-11)14-7-8/h3,5-7H,2,4,11H2,1H3. The minimum atomic E-state index is 0.618. The molecule has 0 amide bonds. The van der Waals surface area contributed by atoms with E-state index in [2.05, 4.69) is 29.7 Å². The quantitative estimate of drug-likeness (QED) is 0.837. The van der Waals surface area contributed by atoms with Crippen LogP contribution in [-0.4, -0.2) is 9.78 Å². The summed E-state index contributed by atoms with van der Waals surface area (Å²) in [6.07, 6.45) is 3.95. The molecule has 0 aliphatic heterocycles. The van der Waals surface area contributed by atoms with Crippen LogP contribution in [0.15, 0.2) is 23.8 Å². The highest BCUT2D eigenvalue weighted by molar-refractivity contribution is 7.10. The molecule has 0 unspecified atom stereocenters. The van der Waals surface area contributed by atoms with Gasteiger partial charge >= 0.3 is 0 Å². The molecule has 2 aromatic heterocycles. The molecular formula is C10H13N3S. The number of aromatic nitrogens is 2. The minimum absolute atomic E-state index is 0.618. The summed E-state index contributed by atoms with van der Waals surface area (Å²) in [5, 5.41) is 6.36. The lowest BCUT2D eigenvalue weighted by atomic mass is 10.2. The molecule has 0 spiro atoms. The Kier molecular flexibility index (Phi) is 2.65. The van der Waals surface area contributed by atoms with Crippen molar-refractivity contribution in [2.24, 2.45) is 5.73 Å². The lowest BCUT2D eigenvalue weighted by molar-refractivity contribution is 0.660. The first-order chi connectivity index (χ1) is 6.83. The van der Waals surface area contributed by atoms with E-state index < -0.39 is 0 Å². The Morgan fingerprint density at radius 3 is 2.93 bits per heavy atom. The third-order valence-corrected chi connectivity index (χ3v) is 3.10. The Morgan fingerprint density at radius 2 is 2.36 bits per heavy atom. The molecule has 2 rings (SSSR count). The number of hydrogen-bond donors (Lipinski definition) is 1. The second kappa shape index (κ2) is 3.94. The van der Waals surface area contributed by atoms with Crippen LogP contribution in [0.5, 0.6) is 0 Å². The van der Waals surface area contributed by atoms with Gasteiger partial charge in [-0.25, -0.2) is 0 Å². The first kappa shape index (κ1) is 9.43. The fraction of sp³-hybridized carbons (Fsp3) is 0.300. The van der Waals surface area contributed by atoms with Gasteiger partial charge in [-0.3, -0.25) is 4.68 Å². The predicted octanol–water partition coefficient (Wildman–Crippen LogP) is 2.09. The van der Waals surface area contributed by atoms with Crippen LogP contribution in [0.3, 0.4) is 0 Å². The number of nitrogens with two attached hydrogens (primary N) is 1. The minimum Gasteiger partial charge on any atom is -0.326 e. The highest BCUT2D eigenvalue weighted by Gasteiger charge is 2.03. The van der Waals surface area contributed by atoms with Crippen molar-refractivity contribution in [3.63, 3.8) is 0 Å². The molecule has 0 aliphatic rings. The summed E-state index contributed by atoms with van der Waals surface area (Å²) in [7, 11) is 0. The third kappa shape index (κ3) is 1.71. The van der Waals surface area contributed by atoms with Gasteiger partial charge < -0.3 is 5.73 Å². The van der Waals surface area contributed by atoms with E-state index >= 15 is 0 Å². The second-order valence-corrected chi connectivity index (χ2v) is 4.09. The van der Waals surface area contributed by atoms with Crippen LogP contribution < -0.4 is 5.73 Å². The molecule has 4 heteroatoms. The molecule has 0 aromatic carbocycles. The second-order valence-electron chi connectivity index (χ2n) is 3.09. The molecule has 2 aromatic rings. The molecular weight excluding hydrogens is 194 g/mol. The van der Waals surface area contributed by atoms with Crippen molar-refractivity contribution in [1.82, 2.24) is 9.78 Å². The average molecular weight is 207 g/mol. The van der Waals surface area contributed by atoms with E-state index in [1.165, 1.54) is 16.0 Å². The smallest absolute Gasteiger partial charge is 0.0568 e. The van der Waals surface area contributed by atoms with Gasteiger partial charge in [0, 0.05) is 29.7 Å². The van der Waals surface area contributed by atoms with Crippen LogP contribution in [0, 0.1) is 0 Å². The van der Waals surface area contributed by atoms with Crippen LogP contribution >= 0.6 is 11.3 Å². The van der Waals surface area contributed by atoms with E-state index in [0.29, 0.717) is 6.54 Å². The van der Waals surface area contributed by atoms with Gasteiger partial charge in [0.05, 0.1) is 6.20 Å². The van der Waals surface area contributed by atoms with Crippen LogP contribution in [-0.2, 0) is 13.1 Å². The maximum absolute atomic E-state index is 5.56. The summed E-state index contributed by atoms with van der Waals surface area (Å²) in [6.45, 7) is 3.61. The van der Waals surface area contributed by atoms with E-state index in [9.17, 15) is 0 Å². The van der Waals surface area contributed by atoms with E-state index in [-0.39, 0.29) is 0 Å². The van der Waals surface area contributed by atoms with Crippen molar-refractivity contribution < 1.29 is 0 Å². The zero-order chi connectivity index (χ0) is 9.97. The maximum Gasteiger partial charge on any atom is 0.0568 e. The van der Waals surface area contributed by atoms with Gasteiger partial charge in [-0.05, 0) is 23.9 Å². The zero-order valence-electron chi connectivity index (χ0n) is 8.10. The first-order valence-electron chi connectivity index (χ1n) is 4.63. The van der Waals surface area contributed by atoms with Gasteiger partial charge in [-0.15, -0.1) is 11.3 Å². The summed E-state index contributed by atoms with van der Waals surface area (Å²) in [5.41, 5.74) is 7.95. The molecule has 0 fully saturated rings. The Morgan fingerprint density at radius 1 is 1.50 bits per heavy atom. The van der Waals surface area contributed by atoms with Gasteiger partial charge in [0.15, 0.2) is 0 Å². The lowest BCUT2D eigenvalue weighted by Crippen LogP contribution is -1.92. The van der Waals surface area contributed by atoms with Gasteiger partial charge in [0.25, 0.3) is 0 Å². The fourth-order valence-electron chi connectivity index (χ4n) is 1.32. The van der Waals surface area contributed by atoms with Crippen LogP contribution in [0.2, 0.25) is 0 Å². The largest absolute Gasteiger partial charge is 0.326 e. The number of rotatable bonds is 3.